The first-order valence-corrected chi connectivity index (χ1v) is 10.8. The van der Waals surface area contributed by atoms with Gasteiger partial charge in [0.15, 0.2) is 0 Å². The minimum absolute atomic E-state index is 0.105. The van der Waals surface area contributed by atoms with E-state index in [0.717, 1.165) is 17.7 Å². The van der Waals surface area contributed by atoms with Crippen molar-refractivity contribution in [2.45, 2.75) is 31.0 Å². The molecule has 0 fully saturated rings. The Morgan fingerprint density at radius 2 is 1.69 bits per heavy atom. The molecule has 0 radical (unpaired) electrons. The number of methoxy groups -OCH3 is 1. The second-order valence-electron chi connectivity index (χ2n) is 7.19. The Kier molecular flexibility index (Phi) is 8.33. The summed E-state index contributed by atoms with van der Waals surface area (Å²) in [7, 11) is 1.84. The fraction of sp³-hybridized carbons (Fsp3) is 0.381. The summed E-state index contributed by atoms with van der Waals surface area (Å²) in [6.07, 6.45) is 0. The van der Waals surface area contributed by atoms with Gasteiger partial charge in [0.2, 0.25) is 10.0 Å². The van der Waals surface area contributed by atoms with E-state index in [-0.39, 0.29) is 23.5 Å². The molecule has 0 spiro atoms. The van der Waals surface area contributed by atoms with Crippen LogP contribution in [0.3, 0.4) is 0 Å². The zero-order valence-electron chi connectivity index (χ0n) is 17.3. The van der Waals surface area contributed by atoms with Gasteiger partial charge in [0.1, 0.15) is 0 Å². The molecule has 0 heterocycles. The lowest BCUT2D eigenvalue weighted by molar-refractivity contribution is 0.0950. The molecule has 0 aliphatic heterocycles. The van der Waals surface area contributed by atoms with E-state index in [4.69, 9.17) is 4.74 Å². The Morgan fingerprint density at radius 3 is 2.28 bits per heavy atom. The van der Waals surface area contributed by atoms with Gasteiger partial charge in [0.25, 0.3) is 5.91 Å². The fourth-order valence-corrected chi connectivity index (χ4v) is 4.13. The highest BCUT2D eigenvalue weighted by Gasteiger charge is 2.18. The minimum Gasteiger partial charge on any atom is -0.383 e. The number of hydrogen-bond acceptors (Lipinski definition) is 5. The highest BCUT2D eigenvalue weighted by Crippen LogP contribution is 2.13. The average Bonchev–Trinajstić information content (AvgIpc) is 2.66. The van der Waals surface area contributed by atoms with E-state index in [1.54, 1.807) is 6.92 Å². The summed E-state index contributed by atoms with van der Waals surface area (Å²) >= 11 is 0. The van der Waals surface area contributed by atoms with E-state index in [1.165, 1.54) is 31.4 Å². The van der Waals surface area contributed by atoms with Crippen molar-refractivity contribution < 1.29 is 17.9 Å². The smallest absolute Gasteiger partial charge is 0.251 e. The monoisotopic (exact) mass is 419 g/mol. The number of hydrogen-bond donors (Lipinski definition) is 2. The lowest BCUT2D eigenvalue weighted by Crippen LogP contribution is -2.35. The highest BCUT2D eigenvalue weighted by molar-refractivity contribution is 7.89. The molecule has 2 aromatic carbocycles. The number of amides is 1. The number of sulfonamides is 1. The Labute approximate surface area is 173 Å². The highest BCUT2D eigenvalue weighted by atomic mass is 32.2. The van der Waals surface area contributed by atoms with Gasteiger partial charge in [-0.1, -0.05) is 24.3 Å². The van der Waals surface area contributed by atoms with E-state index in [1.807, 2.05) is 38.4 Å². The molecule has 2 N–H and O–H groups in total. The number of carbonyl (C=O) groups is 1. The van der Waals surface area contributed by atoms with Crippen LogP contribution in [0.4, 0.5) is 0 Å². The lowest BCUT2D eigenvalue weighted by atomic mass is 10.1. The Morgan fingerprint density at radius 1 is 1.07 bits per heavy atom. The Bertz CT molecular complexity index is 912. The van der Waals surface area contributed by atoms with Crippen molar-refractivity contribution in [3.05, 3.63) is 65.2 Å². The summed E-state index contributed by atoms with van der Waals surface area (Å²) in [6.45, 7) is 3.18. The standard InChI is InChI=1S/C21H29N3O4S/c1-16(15-28-4)23-29(26,27)20-11-9-17(10-12-20)21(25)22-13-18-7-5-6-8-19(18)14-24(2)3/h5-12,16,23H,13-15H2,1-4H3,(H,22,25)/t16-/m0/s1. The molecule has 0 aliphatic rings. The molecule has 0 bridgehead atoms. The van der Waals surface area contributed by atoms with Crippen LogP contribution in [0.25, 0.3) is 0 Å². The molecule has 0 saturated carbocycles. The first-order chi connectivity index (χ1) is 13.7. The maximum Gasteiger partial charge on any atom is 0.251 e. The number of benzene rings is 2. The van der Waals surface area contributed by atoms with Crippen LogP contribution in [-0.4, -0.2) is 53.1 Å². The van der Waals surface area contributed by atoms with E-state index in [9.17, 15) is 13.2 Å². The molecule has 1 amide bonds. The van der Waals surface area contributed by atoms with Crippen molar-refractivity contribution in [2.75, 3.05) is 27.8 Å². The number of nitrogens with one attached hydrogen (secondary N) is 2. The van der Waals surface area contributed by atoms with Gasteiger partial charge in [-0.2, -0.15) is 0 Å². The van der Waals surface area contributed by atoms with Crippen LogP contribution in [0.15, 0.2) is 53.4 Å². The van der Waals surface area contributed by atoms with Crippen molar-refractivity contribution in [1.29, 1.82) is 0 Å². The summed E-state index contributed by atoms with van der Waals surface area (Å²) < 4.78 is 32.2. The summed E-state index contributed by atoms with van der Waals surface area (Å²) in [6, 6.07) is 13.5. The molecular formula is C21H29N3O4S. The van der Waals surface area contributed by atoms with E-state index in [0.29, 0.717) is 12.1 Å². The predicted octanol–water partition coefficient (Wildman–Crippen LogP) is 1.99. The van der Waals surface area contributed by atoms with Gasteiger partial charge >= 0.3 is 0 Å². The summed E-state index contributed by atoms with van der Waals surface area (Å²) in [4.78, 5) is 14.6. The lowest BCUT2D eigenvalue weighted by Gasteiger charge is -2.15. The zero-order chi connectivity index (χ0) is 21.4. The Hall–Kier alpha value is -2.26. The Balaban J connectivity index is 2.03. The summed E-state index contributed by atoms with van der Waals surface area (Å²) in [5, 5.41) is 2.90. The third kappa shape index (κ3) is 6.93. The number of ether oxygens (including phenoxy) is 1. The maximum absolute atomic E-state index is 12.5. The maximum atomic E-state index is 12.5. The van der Waals surface area contributed by atoms with Crippen LogP contribution in [0, 0.1) is 0 Å². The normalized spacial score (nSPS) is 12.7. The molecule has 2 rings (SSSR count). The van der Waals surface area contributed by atoms with E-state index < -0.39 is 10.0 Å². The van der Waals surface area contributed by atoms with Crippen molar-refractivity contribution >= 4 is 15.9 Å². The molecule has 0 aliphatic carbocycles. The first-order valence-electron chi connectivity index (χ1n) is 9.34. The third-order valence-electron chi connectivity index (χ3n) is 4.24. The SMILES string of the molecule is COC[C@H](C)NS(=O)(=O)c1ccc(C(=O)NCc2ccccc2CN(C)C)cc1. The van der Waals surface area contributed by atoms with Crippen molar-refractivity contribution in [2.24, 2.45) is 0 Å². The van der Waals surface area contributed by atoms with Crippen molar-refractivity contribution in [3.63, 3.8) is 0 Å². The van der Waals surface area contributed by atoms with Gasteiger partial charge in [-0.3, -0.25) is 4.79 Å². The molecule has 29 heavy (non-hydrogen) atoms. The topological polar surface area (TPSA) is 87.7 Å². The molecule has 158 valence electrons. The molecular weight excluding hydrogens is 390 g/mol. The van der Waals surface area contributed by atoms with Crippen LogP contribution >= 0.6 is 0 Å². The molecule has 1 atom stereocenters. The predicted molar refractivity (Wildman–Crippen MR) is 113 cm³/mol. The van der Waals surface area contributed by atoms with Crippen molar-refractivity contribution in [1.82, 2.24) is 14.9 Å². The quantitative estimate of drug-likeness (QED) is 0.615. The van der Waals surface area contributed by atoms with Gasteiger partial charge in [0.05, 0.1) is 11.5 Å². The molecule has 0 unspecified atom stereocenters. The molecule has 7 nitrogen and oxygen atoms in total. The largest absolute Gasteiger partial charge is 0.383 e. The van der Waals surface area contributed by atoms with Gasteiger partial charge in [-0.15, -0.1) is 0 Å². The zero-order valence-corrected chi connectivity index (χ0v) is 18.1. The first kappa shape index (κ1) is 23.0. The van der Waals surface area contributed by atoms with Gasteiger partial charge in [-0.25, -0.2) is 13.1 Å². The average molecular weight is 420 g/mol. The van der Waals surface area contributed by atoms with Gasteiger partial charge in [-0.05, 0) is 56.4 Å². The summed E-state index contributed by atoms with van der Waals surface area (Å²) in [5.41, 5.74) is 2.60. The fourth-order valence-electron chi connectivity index (χ4n) is 2.90. The second-order valence-corrected chi connectivity index (χ2v) is 8.91. The van der Waals surface area contributed by atoms with Crippen LogP contribution in [-0.2, 0) is 27.8 Å². The number of rotatable bonds is 10. The van der Waals surface area contributed by atoms with Crippen LogP contribution in [0.5, 0.6) is 0 Å². The molecule has 0 aromatic heterocycles. The summed E-state index contributed by atoms with van der Waals surface area (Å²) in [5.74, 6) is -0.255. The number of nitrogens with zero attached hydrogens (tertiary/aromatic N) is 1. The minimum atomic E-state index is -3.66. The molecule has 8 heteroatoms. The van der Waals surface area contributed by atoms with E-state index in [2.05, 4.69) is 14.9 Å². The number of carbonyl (C=O) groups excluding carboxylic acids is 1. The molecule has 2 aromatic rings. The van der Waals surface area contributed by atoms with Gasteiger partial charge in [0, 0.05) is 31.8 Å². The van der Waals surface area contributed by atoms with Gasteiger partial charge < -0.3 is 15.0 Å². The van der Waals surface area contributed by atoms with Crippen LogP contribution in [0.2, 0.25) is 0 Å². The third-order valence-corrected chi connectivity index (χ3v) is 5.85. The van der Waals surface area contributed by atoms with Crippen LogP contribution < -0.4 is 10.0 Å². The second kappa shape index (κ2) is 10.5. The van der Waals surface area contributed by atoms with Crippen LogP contribution in [0.1, 0.15) is 28.4 Å². The van der Waals surface area contributed by atoms with E-state index >= 15 is 0 Å². The molecule has 0 saturated heterocycles. The van der Waals surface area contributed by atoms with Crippen molar-refractivity contribution in [3.8, 4) is 0 Å².